The van der Waals surface area contributed by atoms with Gasteiger partial charge in [-0.1, -0.05) is 42.5 Å². The fraction of sp³-hybridized carbons (Fsp3) is 0.105. The van der Waals surface area contributed by atoms with E-state index in [9.17, 15) is 0 Å². The maximum Gasteiger partial charge on any atom is 0.254 e. The van der Waals surface area contributed by atoms with Crippen molar-refractivity contribution in [1.29, 1.82) is 0 Å². The van der Waals surface area contributed by atoms with Gasteiger partial charge in [-0.05, 0) is 24.6 Å². The molecular weight excluding hydrogens is 314 g/mol. The number of anilines is 1. The summed E-state index contributed by atoms with van der Waals surface area (Å²) in [5.41, 5.74) is 9.94. The van der Waals surface area contributed by atoms with E-state index in [0.717, 1.165) is 28.1 Å². The first-order chi connectivity index (χ1) is 12.2. The van der Waals surface area contributed by atoms with Gasteiger partial charge in [-0.2, -0.15) is 9.50 Å². The standard InChI is InChI=1S/C19H17N5O/c1-12-16(13-8-10-15(25-2)11-9-13)17(20)24-19(21-12)22-18(23-24)14-6-4-3-5-7-14/h3-11H,20H2,1-2H3. The van der Waals surface area contributed by atoms with Gasteiger partial charge in [0.25, 0.3) is 5.78 Å². The van der Waals surface area contributed by atoms with Crippen LogP contribution in [0.25, 0.3) is 28.3 Å². The summed E-state index contributed by atoms with van der Waals surface area (Å²) in [4.78, 5) is 9.09. The van der Waals surface area contributed by atoms with Gasteiger partial charge >= 0.3 is 0 Å². The second-order valence-electron chi connectivity index (χ2n) is 5.70. The quantitative estimate of drug-likeness (QED) is 0.623. The summed E-state index contributed by atoms with van der Waals surface area (Å²) in [6, 6.07) is 17.5. The van der Waals surface area contributed by atoms with Gasteiger partial charge in [-0.25, -0.2) is 4.98 Å². The number of nitrogens with two attached hydrogens (primary N) is 1. The van der Waals surface area contributed by atoms with E-state index in [2.05, 4.69) is 15.1 Å². The fourth-order valence-electron chi connectivity index (χ4n) is 2.86. The summed E-state index contributed by atoms with van der Waals surface area (Å²) in [6.07, 6.45) is 0. The van der Waals surface area contributed by atoms with Gasteiger partial charge in [0.05, 0.1) is 12.8 Å². The molecule has 0 aliphatic carbocycles. The number of hydrogen-bond donors (Lipinski definition) is 1. The lowest BCUT2D eigenvalue weighted by molar-refractivity contribution is 0.415. The third-order valence-corrected chi connectivity index (χ3v) is 4.11. The summed E-state index contributed by atoms with van der Waals surface area (Å²) in [7, 11) is 1.64. The van der Waals surface area contributed by atoms with E-state index in [1.54, 1.807) is 11.6 Å². The number of fused-ring (bicyclic) bond motifs is 1. The average Bonchev–Trinajstić information content (AvgIpc) is 3.07. The monoisotopic (exact) mass is 331 g/mol. The van der Waals surface area contributed by atoms with Crippen LogP contribution in [0.15, 0.2) is 54.6 Å². The first kappa shape index (κ1) is 15.1. The van der Waals surface area contributed by atoms with Crippen LogP contribution in [0.3, 0.4) is 0 Å². The van der Waals surface area contributed by atoms with Crippen LogP contribution in [0, 0.1) is 6.92 Å². The highest BCUT2D eigenvalue weighted by Crippen LogP contribution is 2.30. The molecule has 0 aliphatic heterocycles. The number of hydrogen-bond acceptors (Lipinski definition) is 5. The van der Waals surface area contributed by atoms with Gasteiger partial charge in [-0.3, -0.25) is 0 Å². The Kier molecular flexibility index (Phi) is 3.57. The van der Waals surface area contributed by atoms with Crippen LogP contribution in [0.5, 0.6) is 5.75 Å². The predicted octanol–water partition coefficient (Wildman–Crippen LogP) is 3.36. The maximum atomic E-state index is 6.40. The Morgan fingerprint density at radius 2 is 1.64 bits per heavy atom. The molecule has 4 rings (SSSR count). The number of methoxy groups -OCH3 is 1. The number of nitrogens with zero attached hydrogens (tertiary/aromatic N) is 4. The van der Waals surface area contributed by atoms with Crippen molar-refractivity contribution in [1.82, 2.24) is 19.6 Å². The molecule has 2 heterocycles. The normalized spacial score (nSPS) is 11.0. The van der Waals surface area contributed by atoms with E-state index in [0.29, 0.717) is 17.4 Å². The van der Waals surface area contributed by atoms with Gasteiger partial charge in [0, 0.05) is 11.1 Å². The first-order valence-electron chi connectivity index (χ1n) is 7.90. The second-order valence-corrected chi connectivity index (χ2v) is 5.70. The lowest BCUT2D eigenvalue weighted by Gasteiger charge is -2.10. The fourth-order valence-corrected chi connectivity index (χ4v) is 2.86. The molecule has 4 aromatic rings. The van der Waals surface area contributed by atoms with Crippen molar-refractivity contribution in [2.75, 3.05) is 12.8 Å². The highest BCUT2D eigenvalue weighted by Gasteiger charge is 2.16. The van der Waals surface area contributed by atoms with Gasteiger partial charge in [-0.15, -0.1) is 5.10 Å². The molecule has 0 aliphatic rings. The molecule has 25 heavy (non-hydrogen) atoms. The second kappa shape index (κ2) is 5.90. The van der Waals surface area contributed by atoms with Crippen LogP contribution in [0.1, 0.15) is 5.69 Å². The zero-order valence-corrected chi connectivity index (χ0v) is 14.0. The van der Waals surface area contributed by atoms with Crippen molar-refractivity contribution >= 4 is 11.6 Å². The topological polar surface area (TPSA) is 78.3 Å². The molecule has 6 nitrogen and oxygen atoms in total. The lowest BCUT2D eigenvalue weighted by Crippen LogP contribution is -2.05. The van der Waals surface area contributed by atoms with E-state index >= 15 is 0 Å². The van der Waals surface area contributed by atoms with Gasteiger partial charge in [0.2, 0.25) is 0 Å². The molecule has 0 saturated carbocycles. The van der Waals surface area contributed by atoms with E-state index in [-0.39, 0.29) is 0 Å². The Bertz CT molecular complexity index is 1040. The largest absolute Gasteiger partial charge is 0.497 e. The van der Waals surface area contributed by atoms with Gasteiger partial charge < -0.3 is 10.5 Å². The number of rotatable bonds is 3. The third kappa shape index (κ3) is 2.57. The Hall–Kier alpha value is -3.41. The number of aromatic nitrogens is 4. The van der Waals surface area contributed by atoms with Crippen LogP contribution < -0.4 is 10.5 Å². The Morgan fingerprint density at radius 1 is 0.920 bits per heavy atom. The molecule has 0 spiro atoms. The maximum absolute atomic E-state index is 6.40. The molecule has 0 bridgehead atoms. The van der Waals surface area contributed by atoms with Crippen LogP contribution in [-0.2, 0) is 0 Å². The minimum Gasteiger partial charge on any atom is -0.497 e. The van der Waals surface area contributed by atoms with E-state index in [4.69, 9.17) is 10.5 Å². The van der Waals surface area contributed by atoms with Crippen LogP contribution in [0.4, 0.5) is 5.82 Å². The van der Waals surface area contributed by atoms with Crippen molar-refractivity contribution in [3.63, 3.8) is 0 Å². The smallest absolute Gasteiger partial charge is 0.254 e. The van der Waals surface area contributed by atoms with Crippen molar-refractivity contribution in [2.24, 2.45) is 0 Å². The Morgan fingerprint density at radius 3 is 2.32 bits per heavy atom. The van der Waals surface area contributed by atoms with E-state index in [1.165, 1.54) is 0 Å². The molecule has 6 heteroatoms. The SMILES string of the molecule is COc1ccc(-c2c(C)nc3nc(-c4ccccc4)nn3c2N)cc1. The number of benzene rings is 2. The van der Waals surface area contributed by atoms with Crippen LogP contribution in [0.2, 0.25) is 0 Å². The van der Waals surface area contributed by atoms with E-state index in [1.807, 2.05) is 61.5 Å². The molecule has 2 N–H and O–H groups in total. The van der Waals surface area contributed by atoms with Crippen molar-refractivity contribution in [3.8, 4) is 28.3 Å². The molecule has 2 aromatic carbocycles. The molecule has 0 atom stereocenters. The molecule has 0 unspecified atom stereocenters. The van der Waals surface area contributed by atoms with Gasteiger partial charge in [0.15, 0.2) is 5.82 Å². The van der Waals surface area contributed by atoms with Crippen molar-refractivity contribution < 1.29 is 4.74 Å². The van der Waals surface area contributed by atoms with E-state index < -0.39 is 0 Å². The Labute approximate surface area is 144 Å². The third-order valence-electron chi connectivity index (χ3n) is 4.11. The van der Waals surface area contributed by atoms with Crippen molar-refractivity contribution in [2.45, 2.75) is 6.92 Å². The summed E-state index contributed by atoms with van der Waals surface area (Å²) in [5, 5.41) is 4.54. The highest BCUT2D eigenvalue weighted by molar-refractivity contribution is 5.78. The molecule has 0 radical (unpaired) electrons. The first-order valence-corrected chi connectivity index (χ1v) is 7.90. The molecule has 2 aromatic heterocycles. The molecule has 0 fully saturated rings. The average molecular weight is 331 g/mol. The van der Waals surface area contributed by atoms with Crippen molar-refractivity contribution in [3.05, 3.63) is 60.3 Å². The van der Waals surface area contributed by atoms with Crippen LogP contribution >= 0.6 is 0 Å². The summed E-state index contributed by atoms with van der Waals surface area (Å²) < 4.78 is 6.81. The number of aryl methyl sites for hydroxylation is 1. The minimum atomic E-state index is 0.492. The summed E-state index contributed by atoms with van der Waals surface area (Å²) in [6.45, 7) is 1.92. The highest BCUT2D eigenvalue weighted by atomic mass is 16.5. The zero-order chi connectivity index (χ0) is 17.4. The van der Waals surface area contributed by atoms with Gasteiger partial charge in [0.1, 0.15) is 11.6 Å². The lowest BCUT2D eigenvalue weighted by atomic mass is 10.0. The molecule has 0 amide bonds. The number of ether oxygens (including phenoxy) is 1. The number of nitrogen functional groups attached to an aromatic ring is 1. The zero-order valence-electron chi connectivity index (χ0n) is 14.0. The summed E-state index contributed by atoms with van der Waals surface area (Å²) >= 11 is 0. The minimum absolute atomic E-state index is 0.492. The molecule has 0 saturated heterocycles. The van der Waals surface area contributed by atoms with Crippen LogP contribution in [-0.4, -0.2) is 26.7 Å². The molecular formula is C19H17N5O. The summed E-state index contributed by atoms with van der Waals surface area (Å²) in [5.74, 6) is 2.40. The predicted molar refractivity (Wildman–Crippen MR) is 97.4 cm³/mol. The molecule has 124 valence electrons. The Balaban J connectivity index is 1.88.